The maximum absolute atomic E-state index is 12.6. The molecule has 0 spiro atoms. The number of amides is 1. The number of benzene rings is 1. The van der Waals surface area contributed by atoms with Crippen molar-refractivity contribution in [2.75, 3.05) is 39.8 Å². The fourth-order valence-corrected chi connectivity index (χ4v) is 3.44. The Morgan fingerprint density at radius 2 is 1.62 bits per heavy atom. The maximum Gasteiger partial charge on any atom is 0.414 e. The average molecular weight is 404 g/mol. The van der Waals surface area contributed by atoms with Crippen molar-refractivity contribution in [3.63, 3.8) is 0 Å². The number of carboxylic acids is 2. The summed E-state index contributed by atoms with van der Waals surface area (Å²) in [5.74, 6) is -1.94. The van der Waals surface area contributed by atoms with E-state index in [4.69, 9.17) is 24.5 Å². The summed E-state index contributed by atoms with van der Waals surface area (Å²) in [6.45, 7) is 4.81. The zero-order valence-electron chi connectivity index (χ0n) is 16.6. The van der Waals surface area contributed by atoms with Crippen LogP contribution in [0.2, 0.25) is 0 Å². The molecule has 1 amide bonds. The Morgan fingerprint density at radius 1 is 1.00 bits per heavy atom. The predicted octanol–water partition coefficient (Wildman–Crippen LogP) is 1.96. The second-order valence-electron chi connectivity index (χ2n) is 7.08. The van der Waals surface area contributed by atoms with E-state index >= 15 is 0 Å². The fourth-order valence-electron chi connectivity index (χ4n) is 3.44. The zero-order chi connectivity index (χ0) is 21.2. The summed E-state index contributed by atoms with van der Waals surface area (Å²) in [5.41, 5.74) is 0.747. The van der Waals surface area contributed by atoms with Gasteiger partial charge in [-0.2, -0.15) is 0 Å². The van der Waals surface area contributed by atoms with Gasteiger partial charge in [-0.1, -0.05) is 12.2 Å². The van der Waals surface area contributed by atoms with Gasteiger partial charge in [0.2, 0.25) is 0 Å². The molecule has 0 bridgehead atoms. The molecule has 8 heteroatoms. The summed E-state index contributed by atoms with van der Waals surface area (Å²) in [7, 11) is 1.64. The first-order valence-electron chi connectivity index (χ1n) is 9.67. The number of hydrogen-bond donors (Lipinski definition) is 2. The van der Waals surface area contributed by atoms with Crippen LogP contribution in [0, 0.1) is 5.92 Å². The van der Waals surface area contributed by atoms with Crippen LogP contribution < -0.4 is 4.74 Å². The minimum atomic E-state index is -1.82. The Hall–Kier alpha value is -2.87. The number of carbonyl (C=O) groups is 3. The molecule has 0 radical (unpaired) electrons. The predicted molar refractivity (Wildman–Crippen MR) is 107 cm³/mol. The number of ether oxygens (including phenoxy) is 1. The smallest absolute Gasteiger partial charge is 0.414 e. The Morgan fingerprint density at radius 3 is 2.10 bits per heavy atom. The average Bonchev–Trinajstić information content (AvgIpc) is 2.75. The lowest BCUT2D eigenvalue weighted by Crippen LogP contribution is -2.49. The number of allylic oxidation sites excluding steroid dienone is 2. The van der Waals surface area contributed by atoms with Crippen LogP contribution in [-0.2, 0) is 9.59 Å². The minimum absolute atomic E-state index is 0.132. The van der Waals surface area contributed by atoms with E-state index in [0.29, 0.717) is 0 Å². The van der Waals surface area contributed by atoms with Crippen LogP contribution in [0.5, 0.6) is 5.75 Å². The molecular formula is C21H28N2O6. The van der Waals surface area contributed by atoms with Crippen molar-refractivity contribution < 1.29 is 29.3 Å². The standard InChI is InChI=1S/C19H26N2O2.C2H2O4/c1-23-18-9-7-17(8-10-18)19(22)21-13-11-20(12-14-21)15-16-5-3-2-4-6-16;3-1(4)2(5)6/h2-3,7-10,16H,4-6,11-15H2,1H3;(H,3,4)(H,5,6). The van der Waals surface area contributed by atoms with Crippen LogP contribution in [0.1, 0.15) is 29.6 Å². The quantitative estimate of drug-likeness (QED) is 0.583. The molecule has 1 aromatic carbocycles. The summed E-state index contributed by atoms with van der Waals surface area (Å²) >= 11 is 0. The van der Waals surface area contributed by atoms with E-state index in [0.717, 1.165) is 43.4 Å². The topological polar surface area (TPSA) is 107 Å². The number of carbonyl (C=O) groups excluding carboxylic acids is 1. The third-order valence-corrected chi connectivity index (χ3v) is 5.07. The monoisotopic (exact) mass is 404 g/mol. The van der Waals surface area contributed by atoms with Gasteiger partial charge in [0.15, 0.2) is 0 Å². The van der Waals surface area contributed by atoms with Crippen LogP contribution in [0.4, 0.5) is 0 Å². The van der Waals surface area contributed by atoms with E-state index in [-0.39, 0.29) is 5.91 Å². The summed E-state index contributed by atoms with van der Waals surface area (Å²) in [6, 6.07) is 7.39. The van der Waals surface area contributed by atoms with Crippen molar-refractivity contribution >= 4 is 17.8 Å². The molecule has 1 unspecified atom stereocenters. The minimum Gasteiger partial charge on any atom is -0.497 e. The van der Waals surface area contributed by atoms with Crippen LogP contribution in [0.15, 0.2) is 36.4 Å². The highest BCUT2D eigenvalue weighted by molar-refractivity contribution is 6.27. The first kappa shape index (κ1) is 22.4. The van der Waals surface area contributed by atoms with Gasteiger partial charge in [0.1, 0.15) is 5.75 Å². The van der Waals surface area contributed by atoms with Crippen molar-refractivity contribution in [1.82, 2.24) is 9.80 Å². The molecule has 1 aromatic rings. The first-order valence-corrected chi connectivity index (χ1v) is 9.67. The van der Waals surface area contributed by atoms with Gasteiger partial charge in [-0.15, -0.1) is 0 Å². The second kappa shape index (κ2) is 11.2. The van der Waals surface area contributed by atoms with Crippen molar-refractivity contribution in [2.24, 2.45) is 5.92 Å². The van der Waals surface area contributed by atoms with Crippen molar-refractivity contribution in [3.8, 4) is 5.75 Å². The molecule has 3 rings (SSSR count). The molecule has 2 aliphatic rings. The molecule has 1 fully saturated rings. The van der Waals surface area contributed by atoms with E-state index in [1.165, 1.54) is 25.8 Å². The van der Waals surface area contributed by atoms with Crippen molar-refractivity contribution in [1.29, 1.82) is 0 Å². The number of methoxy groups -OCH3 is 1. The van der Waals surface area contributed by atoms with Gasteiger partial charge in [0.05, 0.1) is 7.11 Å². The molecule has 29 heavy (non-hydrogen) atoms. The van der Waals surface area contributed by atoms with Gasteiger partial charge in [-0.3, -0.25) is 9.69 Å². The van der Waals surface area contributed by atoms with E-state index in [9.17, 15) is 4.79 Å². The molecule has 0 saturated carbocycles. The normalized spacial score (nSPS) is 19.1. The molecule has 2 N–H and O–H groups in total. The van der Waals surface area contributed by atoms with E-state index in [1.54, 1.807) is 7.11 Å². The van der Waals surface area contributed by atoms with E-state index in [1.807, 2.05) is 29.2 Å². The number of nitrogens with zero attached hydrogens (tertiary/aromatic N) is 2. The molecule has 158 valence electrons. The van der Waals surface area contributed by atoms with Gasteiger partial charge in [-0.05, 0) is 49.4 Å². The zero-order valence-corrected chi connectivity index (χ0v) is 16.6. The number of aliphatic carboxylic acids is 2. The Labute approximate surface area is 170 Å². The van der Waals surface area contributed by atoms with E-state index in [2.05, 4.69) is 17.1 Å². The lowest BCUT2D eigenvalue weighted by Gasteiger charge is -2.36. The third kappa shape index (κ3) is 7.23. The number of rotatable bonds is 4. The summed E-state index contributed by atoms with van der Waals surface area (Å²) in [6.07, 6.45) is 8.35. The Bertz CT molecular complexity index is 711. The highest BCUT2D eigenvalue weighted by Gasteiger charge is 2.23. The highest BCUT2D eigenvalue weighted by Crippen LogP contribution is 2.20. The lowest BCUT2D eigenvalue weighted by atomic mass is 9.94. The molecule has 0 aromatic heterocycles. The largest absolute Gasteiger partial charge is 0.497 e. The molecule has 1 atom stereocenters. The lowest BCUT2D eigenvalue weighted by molar-refractivity contribution is -0.159. The number of piperazine rings is 1. The maximum atomic E-state index is 12.6. The highest BCUT2D eigenvalue weighted by atomic mass is 16.5. The van der Waals surface area contributed by atoms with Crippen molar-refractivity contribution in [3.05, 3.63) is 42.0 Å². The van der Waals surface area contributed by atoms with Gasteiger partial charge >= 0.3 is 11.9 Å². The summed E-state index contributed by atoms with van der Waals surface area (Å²) < 4.78 is 5.14. The van der Waals surface area contributed by atoms with Crippen molar-refractivity contribution in [2.45, 2.75) is 19.3 Å². The number of carboxylic acid groups (broad SMARTS) is 2. The third-order valence-electron chi connectivity index (χ3n) is 5.07. The second-order valence-corrected chi connectivity index (χ2v) is 7.08. The summed E-state index contributed by atoms with van der Waals surface area (Å²) in [5, 5.41) is 14.8. The molecule has 1 aliphatic heterocycles. The molecular weight excluding hydrogens is 376 g/mol. The Balaban J connectivity index is 0.000000438. The molecule has 8 nitrogen and oxygen atoms in total. The molecule has 1 heterocycles. The first-order chi connectivity index (χ1) is 13.9. The molecule has 1 aliphatic carbocycles. The summed E-state index contributed by atoms with van der Waals surface area (Å²) in [4.78, 5) is 35.2. The Kier molecular flexibility index (Phi) is 8.67. The van der Waals surface area contributed by atoms with E-state index < -0.39 is 11.9 Å². The van der Waals surface area contributed by atoms with Crippen LogP contribution in [0.25, 0.3) is 0 Å². The SMILES string of the molecule is COc1ccc(C(=O)N2CCN(CC3CC=CCC3)CC2)cc1.O=C(O)C(=O)O. The van der Waals surface area contributed by atoms with Gasteiger partial charge in [0.25, 0.3) is 5.91 Å². The number of hydrogen-bond acceptors (Lipinski definition) is 5. The van der Waals surface area contributed by atoms with Gasteiger partial charge in [0, 0.05) is 38.3 Å². The van der Waals surface area contributed by atoms with Gasteiger partial charge < -0.3 is 19.8 Å². The van der Waals surface area contributed by atoms with Gasteiger partial charge in [-0.25, -0.2) is 9.59 Å². The van der Waals surface area contributed by atoms with Crippen LogP contribution in [-0.4, -0.2) is 77.7 Å². The fraction of sp³-hybridized carbons (Fsp3) is 0.476. The molecule has 1 saturated heterocycles. The van der Waals surface area contributed by atoms with Crippen LogP contribution >= 0.6 is 0 Å². The van der Waals surface area contributed by atoms with Crippen LogP contribution in [0.3, 0.4) is 0 Å².